The molecule has 18 heavy (non-hydrogen) atoms. The molecule has 2 N–H and O–H groups in total. The van der Waals surface area contributed by atoms with Crippen LogP contribution in [0, 0.1) is 6.92 Å². The molecule has 0 aliphatic heterocycles. The fourth-order valence-electron chi connectivity index (χ4n) is 2.05. The lowest BCUT2D eigenvalue weighted by Crippen LogP contribution is -2.14. The highest BCUT2D eigenvalue weighted by Gasteiger charge is 2.14. The largest absolute Gasteiger partial charge is 0.496 e. The molecule has 0 saturated carbocycles. The SMILES string of the molecule is COc1ccccc1CC(N)c1cc(Br)sc1C. The van der Waals surface area contributed by atoms with Crippen molar-refractivity contribution in [3.05, 3.63) is 50.1 Å². The first-order chi connectivity index (χ1) is 8.61. The number of hydrogen-bond donors (Lipinski definition) is 1. The molecule has 0 bridgehead atoms. The lowest BCUT2D eigenvalue weighted by atomic mass is 10.00. The van der Waals surface area contributed by atoms with E-state index in [0.717, 1.165) is 21.5 Å². The molecular weight excluding hydrogens is 310 g/mol. The lowest BCUT2D eigenvalue weighted by Gasteiger charge is -2.14. The zero-order valence-electron chi connectivity index (χ0n) is 10.4. The van der Waals surface area contributed by atoms with Crippen molar-refractivity contribution in [1.82, 2.24) is 0 Å². The Morgan fingerprint density at radius 1 is 1.39 bits per heavy atom. The fourth-order valence-corrected chi connectivity index (χ4v) is 3.83. The Labute approximate surface area is 120 Å². The summed E-state index contributed by atoms with van der Waals surface area (Å²) >= 11 is 5.23. The molecule has 0 radical (unpaired) electrons. The summed E-state index contributed by atoms with van der Waals surface area (Å²) in [6.45, 7) is 2.10. The molecule has 1 unspecified atom stereocenters. The molecule has 0 fully saturated rings. The second kappa shape index (κ2) is 5.87. The maximum Gasteiger partial charge on any atom is 0.122 e. The van der Waals surface area contributed by atoms with Crippen LogP contribution < -0.4 is 10.5 Å². The molecule has 0 amide bonds. The van der Waals surface area contributed by atoms with Gasteiger partial charge in [-0.3, -0.25) is 0 Å². The Bertz CT molecular complexity index is 538. The number of aryl methyl sites for hydroxylation is 1. The van der Waals surface area contributed by atoms with Gasteiger partial charge in [0.05, 0.1) is 10.9 Å². The van der Waals surface area contributed by atoms with Gasteiger partial charge in [0.25, 0.3) is 0 Å². The Morgan fingerprint density at radius 3 is 2.72 bits per heavy atom. The van der Waals surface area contributed by atoms with E-state index in [2.05, 4.69) is 35.0 Å². The van der Waals surface area contributed by atoms with E-state index in [-0.39, 0.29) is 6.04 Å². The highest BCUT2D eigenvalue weighted by molar-refractivity contribution is 9.11. The van der Waals surface area contributed by atoms with Gasteiger partial charge >= 0.3 is 0 Å². The minimum atomic E-state index is 0.00356. The third-order valence-corrected chi connectivity index (χ3v) is 4.53. The van der Waals surface area contributed by atoms with Crippen LogP contribution in [0.25, 0.3) is 0 Å². The lowest BCUT2D eigenvalue weighted by molar-refractivity contribution is 0.408. The van der Waals surface area contributed by atoms with E-state index in [0.29, 0.717) is 0 Å². The van der Waals surface area contributed by atoms with Gasteiger partial charge in [0.2, 0.25) is 0 Å². The zero-order valence-corrected chi connectivity index (χ0v) is 12.8. The van der Waals surface area contributed by atoms with Crippen LogP contribution in [-0.2, 0) is 6.42 Å². The number of benzene rings is 1. The molecule has 2 aromatic rings. The summed E-state index contributed by atoms with van der Waals surface area (Å²) in [6, 6.07) is 10.1. The summed E-state index contributed by atoms with van der Waals surface area (Å²) in [4.78, 5) is 1.27. The minimum absolute atomic E-state index is 0.00356. The van der Waals surface area contributed by atoms with Crippen LogP contribution in [0.5, 0.6) is 5.75 Å². The number of hydrogen-bond acceptors (Lipinski definition) is 3. The monoisotopic (exact) mass is 325 g/mol. The highest BCUT2D eigenvalue weighted by Crippen LogP contribution is 2.32. The third-order valence-electron chi connectivity index (χ3n) is 2.96. The molecule has 2 rings (SSSR count). The van der Waals surface area contributed by atoms with Gasteiger partial charge < -0.3 is 10.5 Å². The van der Waals surface area contributed by atoms with Gasteiger partial charge in [-0.1, -0.05) is 18.2 Å². The molecule has 0 aliphatic carbocycles. The van der Waals surface area contributed by atoms with Crippen molar-refractivity contribution in [3.8, 4) is 5.75 Å². The predicted octanol–water partition coefficient (Wildman–Crippen LogP) is 4.07. The summed E-state index contributed by atoms with van der Waals surface area (Å²) in [5.74, 6) is 0.903. The maximum atomic E-state index is 6.30. The number of thiophene rings is 1. The van der Waals surface area contributed by atoms with Crippen LogP contribution in [-0.4, -0.2) is 7.11 Å². The average molecular weight is 326 g/mol. The molecule has 1 heterocycles. The van der Waals surface area contributed by atoms with E-state index in [1.165, 1.54) is 10.4 Å². The molecule has 1 atom stereocenters. The number of halogens is 1. The summed E-state index contributed by atoms with van der Waals surface area (Å²) in [6.07, 6.45) is 0.786. The number of ether oxygens (including phenoxy) is 1. The van der Waals surface area contributed by atoms with E-state index in [9.17, 15) is 0 Å². The molecular formula is C14H16BrNOS. The van der Waals surface area contributed by atoms with Gasteiger partial charge in [-0.15, -0.1) is 11.3 Å². The van der Waals surface area contributed by atoms with Crippen LogP contribution in [0.2, 0.25) is 0 Å². The maximum absolute atomic E-state index is 6.30. The molecule has 4 heteroatoms. The second-order valence-electron chi connectivity index (χ2n) is 4.18. The van der Waals surface area contributed by atoms with E-state index in [4.69, 9.17) is 10.5 Å². The Morgan fingerprint density at radius 2 is 2.11 bits per heavy atom. The van der Waals surface area contributed by atoms with Gasteiger partial charge in [0.1, 0.15) is 5.75 Å². The van der Waals surface area contributed by atoms with Crippen molar-refractivity contribution >= 4 is 27.3 Å². The van der Waals surface area contributed by atoms with Gasteiger partial charge in [-0.25, -0.2) is 0 Å². The van der Waals surface area contributed by atoms with Crippen molar-refractivity contribution in [2.45, 2.75) is 19.4 Å². The Hall–Kier alpha value is -0.840. The first-order valence-electron chi connectivity index (χ1n) is 5.75. The summed E-state index contributed by atoms with van der Waals surface area (Å²) in [5.41, 5.74) is 8.65. The molecule has 1 aromatic heterocycles. The van der Waals surface area contributed by atoms with E-state index < -0.39 is 0 Å². The molecule has 0 aliphatic rings. The van der Waals surface area contributed by atoms with Crippen LogP contribution in [0.4, 0.5) is 0 Å². The molecule has 1 aromatic carbocycles. The number of nitrogens with two attached hydrogens (primary N) is 1. The van der Waals surface area contributed by atoms with Crippen molar-refractivity contribution < 1.29 is 4.74 Å². The number of methoxy groups -OCH3 is 1. The first-order valence-corrected chi connectivity index (χ1v) is 7.36. The van der Waals surface area contributed by atoms with Crippen molar-refractivity contribution in [1.29, 1.82) is 0 Å². The van der Waals surface area contributed by atoms with Crippen LogP contribution in [0.3, 0.4) is 0 Å². The van der Waals surface area contributed by atoms with Gasteiger partial charge in [0, 0.05) is 10.9 Å². The molecule has 96 valence electrons. The zero-order chi connectivity index (χ0) is 13.1. The fraction of sp³-hybridized carbons (Fsp3) is 0.286. The molecule has 0 spiro atoms. The minimum Gasteiger partial charge on any atom is -0.496 e. The average Bonchev–Trinajstić information content (AvgIpc) is 2.69. The first kappa shape index (κ1) is 13.6. The summed E-state index contributed by atoms with van der Waals surface area (Å²) < 4.78 is 6.49. The number of rotatable bonds is 4. The summed E-state index contributed by atoms with van der Waals surface area (Å²) in [5, 5.41) is 0. The van der Waals surface area contributed by atoms with Crippen LogP contribution in [0.1, 0.15) is 22.0 Å². The standard InChI is InChI=1S/C14H16BrNOS/c1-9-11(8-14(15)18-9)12(16)7-10-5-3-4-6-13(10)17-2/h3-6,8,12H,7,16H2,1-2H3. The number of para-hydroxylation sites is 1. The van der Waals surface area contributed by atoms with E-state index in [1.54, 1.807) is 18.4 Å². The third kappa shape index (κ3) is 2.94. The molecule has 0 saturated heterocycles. The smallest absolute Gasteiger partial charge is 0.122 e. The quantitative estimate of drug-likeness (QED) is 0.919. The van der Waals surface area contributed by atoms with Crippen molar-refractivity contribution in [2.75, 3.05) is 7.11 Å². The van der Waals surface area contributed by atoms with Crippen molar-refractivity contribution in [2.24, 2.45) is 5.73 Å². The van der Waals surface area contributed by atoms with E-state index >= 15 is 0 Å². The van der Waals surface area contributed by atoms with Gasteiger partial charge in [0.15, 0.2) is 0 Å². The van der Waals surface area contributed by atoms with Gasteiger partial charge in [-0.2, -0.15) is 0 Å². The highest BCUT2D eigenvalue weighted by atomic mass is 79.9. The molecule has 2 nitrogen and oxygen atoms in total. The second-order valence-corrected chi connectivity index (χ2v) is 6.82. The van der Waals surface area contributed by atoms with Crippen molar-refractivity contribution in [3.63, 3.8) is 0 Å². The van der Waals surface area contributed by atoms with Crippen LogP contribution >= 0.6 is 27.3 Å². The predicted molar refractivity (Wildman–Crippen MR) is 80.4 cm³/mol. The Kier molecular flexibility index (Phi) is 4.43. The Balaban J connectivity index is 2.21. The topological polar surface area (TPSA) is 35.2 Å². The van der Waals surface area contributed by atoms with Gasteiger partial charge in [-0.05, 0) is 52.5 Å². The normalized spacial score (nSPS) is 12.4. The van der Waals surface area contributed by atoms with Crippen LogP contribution in [0.15, 0.2) is 34.1 Å². The summed E-state index contributed by atoms with van der Waals surface area (Å²) in [7, 11) is 1.69. The van der Waals surface area contributed by atoms with E-state index in [1.807, 2.05) is 18.2 Å².